The number of nitrogens with zero attached hydrogens (tertiary/aromatic N) is 3. The molecule has 0 bridgehead atoms. The molecule has 0 aliphatic carbocycles. The number of aromatic nitrogens is 2. The lowest BCUT2D eigenvalue weighted by atomic mass is 10.0. The Balaban J connectivity index is 1.82. The molecule has 1 aromatic carbocycles. The molecule has 5 nitrogen and oxygen atoms in total. The van der Waals surface area contributed by atoms with E-state index in [1.807, 2.05) is 6.07 Å². The van der Waals surface area contributed by atoms with Crippen LogP contribution in [0.15, 0.2) is 28.6 Å². The van der Waals surface area contributed by atoms with Crippen molar-refractivity contribution in [2.45, 2.75) is 17.2 Å². The number of para-hydroxylation sites is 1. The van der Waals surface area contributed by atoms with E-state index in [4.69, 9.17) is 5.11 Å². The van der Waals surface area contributed by atoms with E-state index in [2.05, 4.69) is 33.3 Å². The van der Waals surface area contributed by atoms with E-state index < -0.39 is 5.97 Å². The molecule has 1 aromatic heterocycles. The molecule has 0 atom stereocenters. The molecule has 1 aliphatic heterocycles. The number of thioether (sulfide) groups is 1. The summed E-state index contributed by atoms with van der Waals surface area (Å²) in [5.74, 6) is -0.819. The van der Waals surface area contributed by atoms with Gasteiger partial charge in [-0.25, -0.2) is 0 Å². The van der Waals surface area contributed by atoms with E-state index in [0.717, 1.165) is 24.5 Å². The molecule has 104 valence electrons. The van der Waals surface area contributed by atoms with Crippen LogP contribution in [0.25, 0.3) is 0 Å². The van der Waals surface area contributed by atoms with Gasteiger partial charge in [0.05, 0.1) is 5.75 Å². The van der Waals surface area contributed by atoms with Crippen molar-refractivity contribution < 1.29 is 9.90 Å². The summed E-state index contributed by atoms with van der Waals surface area (Å²) >= 11 is 2.66. The zero-order chi connectivity index (χ0) is 13.9. The largest absolute Gasteiger partial charge is 0.481 e. The minimum absolute atomic E-state index is 0.0191. The molecule has 1 aliphatic rings. The van der Waals surface area contributed by atoms with Gasteiger partial charge in [0.2, 0.25) is 5.13 Å². The molecule has 0 radical (unpaired) electrons. The van der Waals surface area contributed by atoms with Crippen LogP contribution in [0.2, 0.25) is 0 Å². The number of carboxylic acids is 1. The van der Waals surface area contributed by atoms with Crippen molar-refractivity contribution in [3.63, 3.8) is 0 Å². The van der Waals surface area contributed by atoms with Gasteiger partial charge in [-0.05, 0) is 24.5 Å². The lowest BCUT2D eigenvalue weighted by molar-refractivity contribution is -0.133. The standard InChI is InChI=1S/C13H13N3O2S2/c17-11(18)8-19-13-15-14-12(20-13)16-7-3-5-9-4-1-2-6-10(9)16/h1-2,4,6H,3,5,7-8H2,(H,17,18). The van der Waals surface area contributed by atoms with E-state index in [-0.39, 0.29) is 5.75 Å². The highest BCUT2D eigenvalue weighted by molar-refractivity contribution is 8.01. The second-order valence-corrected chi connectivity index (χ2v) is 6.60. The molecule has 0 saturated heterocycles. The molecule has 3 rings (SSSR count). The fourth-order valence-corrected chi connectivity index (χ4v) is 3.83. The van der Waals surface area contributed by atoms with Gasteiger partial charge in [0, 0.05) is 12.2 Å². The summed E-state index contributed by atoms with van der Waals surface area (Å²) in [7, 11) is 0. The van der Waals surface area contributed by atoms with Crippen molar-refractivity contribution in [3.05, 3.63) is 29.8 Å². The van der Waals surface area contributed by atoms with E-state index in [0.29, 0.717) is 4.34 Å². The van der Waals surface area contributed by atoms with Crippen LogP contribution in [-0.4, -0.2) is 33.6 Å². The highest BCUT2D eigenvalue weighted by Gasteiger charge is 2.21. The molecule has 1 N–H and O–H groups in total. The highest BCUT2D eigenvalue weighted by Crippen LogP contribution is 2.36. The predicted molar refractivity (Wildman–Crippen MR) is 80.0 cm³/mol. The minimum atomic E-state index is -0.838. The maximum atomic E-state index is 10.6. The number of aryl methyl sites for hydroxylation is 1. The average Bonchev–Trinajstić information content (AvgIpc) is 2.93. The number of benzene rings is 1. The topological polar surface area (TPSA) is 66.3 Å². The Labute approximate surface area is 124 Å². The molecule has 2 aromatic rings. The number of carbonyl (C=O) groups is 1. The smallest absolute Gasteiger partial charge is 0.313 e. The van der Waals surface area contributed by atoms with Gasteiger partial charge in [-0.15, -0.1) is 10.2 Å². The van der Waals surface area contributed by atoms with E-state index in [1.54, 1.807) is 0 Å². The molecule has 0 spiro atoms. The monoisotopic (exact) mass is 307 g/mol. The molecule has 0 unspecified atom stereocenters. The van der Waals surface area contributed by atoms with Gasteiger partial charge in [-0.1, -0.05) is 41.3 Å². The van der Waals surface area contributed by atoms with Crippen molar-refractivity contribution in [3.8, 4) is 0 Å². The first-order valence-corrected chi connectivity index (χ1v) is 8.08. The lowest BCUT2D eigenvalue weighted by Crippen LogP contribution is -2.24. The Bertz CT molecular complexity index is 630. The Kier molecular flexibility index (Phi) is 3.88. The maximum Gasteiger partial charge on any atom is 0.313 e. The van der Waals surface area contributed by atoms with Gasteiger partial charge in [0.15, 0.2) is 4.34 Å². The zero-order valence-corrected chi connectivity index (χ0v) is 12.3. The second kappa shape index (κ2) is 5.80. The van der Waals surface area contributed by atoms with Crippen LogP contribution in [0.1, 0.15) is 12.0 Å². The third kappa shape index (κ3) is 2.78. The Morgan fingerprint density at radius 3 is 3.10 bits per heavy atom. The predicted octanol–water partition coefficient (Wildman–Crippen LogP) is 2.80. The summed E-state index contributed by atoms with van der Waals surface area (Å²) in [4.78, 5) is 12.7. The number of fused-ring (bicyclic) bond motifs is 1. The van der Waals surface area contributed by atoms with Crippen LogP contribution in [0.4, 0.5) is 10.8 Å². The number of carboxylic acid groups (broad SMARTS) is 1. The van der Waals surface area contributed by atoms with Crippen molar-refractivity contribution in [1.82, 2.24) is 10.2 Å². The number of hydrogen-bond acceptors (Lipinski definition) is 6. The van der Waals surface area contributed by atoms with Crippen LogP contribution in [0, 0.1) is 0 Å². The average molecular weight is 307 g/mol. The van der Waals surface area contributed by atoms with E-state index in [9.17, 15) is 4.79 Å². The molecular formula is C13H13N3O2S2. The summed E-state index contributed by atoms with van der Waals surface area (Å²) in [6, 6.07) is 8.32. The van der Waals surface area contributed by atoms with Gasteiger partial charge in [0.25, 0.3) is 0 Å². The van der Waals surface area contributed by atoms with Gasteiger partial charge in [-0.3, -0.25) is 4.79 Å². The third-order valence-electron chi connectivity index (χ3n) is 3.06. The zero-order valence-electron chi connectivity index (χ0n) is 10.7. The fraction of sp³-hybridized carbons (Fsp3) is 0.308. The summed E-state index contributed by atoms with van der Waals surface area (Å²) in [6.45, 7) is 0.926. The highest BCUT2D eigenvalue weighted by atomic mass is 32.2. The number of rotatable bonds is 4. The summed E-state index contributed by atoms with van der Waals surface area (Å²) in [5.41, 5.74) is 2.51. The third-order valence-corrected chi connectivity index (χ3v) is 5.12. The van der Waals surface area contributed by atoms with Crippen LogP contribution in [0.5, 0.6) is 0 Å². The number of aliphatic carboxylic acids is 1. The first-order chi connectivity index (χ1) is 9.74. The van der Waals surface area contributed by atoms with Crippen LogP contribution >= 0.6 is 23.1 Å². The summed E-state index contributed by atoms with van der Waals surface area (Å²) in [5, 5.41) is 17.8. The fourth-order valence-electron chi connectivity index (χ4n) is 2.23. The van der Waals surface area contributed by atoms with Gasteiger partial charge >= 0.3 is 5.97 Å². The maximum absolute atomic E-state index is 10.6. The molecule has 0 fully saturated rings. The molecule has 0 amide bonds. The Morgan fingerprint density at radius 2 is 2.25 bits per heavy atom. The Morgan fingerprint density at radius 1 is 1.40 bits per heavy atom. The van der Waals surface area contributed by atoms with Crippen LogP contribution in [-0.2, 0) is 11.2 Å². The molecular weight excluding hydrogens is 294 g/mol. The van der Waals surface area contributed by atoms with E-state index in [1.165, 1.54) is 34.3 Å². The molecule has 0 saturated carbocycles. The van der Waals surface area contributed by atoms with Crippen molar-refractivity contribution in [2.75, 3.05) is 17.2 Å². The lowest BCUT2D eigenvalue weighted by Gasteiger charge is -2.28. The van der Waals surface area contributed by atoms with Crippen molar-refractivity contribution >= 4 is 39.9 Å². The van der Waals surface area contributed by atoms with E-state index >= 15 is 0 Å². The van der Waals surface area contributed by atoms with Gasteiger partial charge < -0.3 is 10.0 Å². The van der Waals surface area contributed by atoms with Gasteiger partial charge in [0.1, 0.15) is 0 Å². The Hall–Kier alpha value is -1.60. The first-order valence-electron chi connectivity index (χ1n) is 6.27. The first kappa shape index (κ1) is 13.4. The van der Waals surface area contributed by atoms with Gasteiger partial charge in [-0.2, -0.15) is 0 Å². The molecule has 7 heteroatoms. The SMILES string of the molecule is O=C(O)CSc1nnc(N2CCCc3ccccc32)s1. The normalized spacial score (nSPS) is 14.1. The molecule has 2 heterocycles. The van der Waals surface area contributed by atoms with Crippen LogP contribution < -0.4 is 4.90 Å². The second-order valence-electron chi connectivity index (χ2n) is 4.42. The summed E-state index contributed by atoms with van der Waals surface area (Å²) < 4.78 is 0.699. The number of hydrogen-bond donors (Lipinski definition) is 1. The van der Waals surface area contributed by atoms with Crippen molar-refractivity contribution in [1.29, 1.82) is 0 Å². The quantitative estimate of drug-likeness (QED) is 0.876. The van der Waals surface area contributed by atoms with Crippen molar-refractivity contribution in [2.24, 2.45) is 0 Å². The summed E-state index contributed by atoms with van der Waals surface area (Å²) in [6.07, 6.45) is 2.18. The minimum Gasteiger partial charge on any atom is -0.481 e. The van der Waals surface area contributed by atoms with Crippen LogP contribution in [0.3, 0.4) is 0 Å². The molecule has 20 heavy (non-hydrogen) atoms. The number of anilines is 2.